The van der Waals surface area contributed by atoms with Crippen molar-refractivity contribution in [3.05, 3.63) is 40.1 Å². The third-order valence-electron chi connectivity index (χ3n) is 2.05. The molecule has 0 saturated carbocycles. The molecule has 4 nitrogen and oxygen atoms in total. The zero-order valence-electron chi connectivity index (χ0n) is 8.43. The van der Waals surface area contributed by atoms with E-state index in [9.17, 15) is 5.11 Å². The molecular weight excluding hydrogens is 249 g/mol. The fourth-order valence-electron chi connectivity index (χ4n) is 1.27. The van der Waals surface area contributed by atoms with Crippen LogP contribution in [0.5, 0.6) is 0 Å². The maximum absolute atomic E-state index is 9.33. The van der Waals surface area contributed by atoms with Crippen LogP contribution in [0.1, 0.15) is 18.7 Å². The van der Waals surface area contributed by atoms with E-state index >= 15 is 0 Å². The van der Waals surface area contributed by atoms with Gasteiger partial charge in [0.15, 0.2) is 0 Å². The number of nitrogens with zero attached hydrogens (tertiary/aromatic N) is 3. The van der Waals surface area contributed by atoms with Crippen molar-refractivity contribution in [1.82, 2.24) is 15.0 Å². The lowest BCUT2D eigenvalue weighted by Crippen LogP contribution is -1.94. The van der Waals surface area contributed by atoms with E-state index < -0.39 is 6.10 Å². The molecule has 1 N–H and O–H groups in total. The Bertz CT molecular complexity index is 490. The first kappa shape index (κ1) is 11.4. The lowest BCUT2D eigenvalue weighted by Gasteiger charge is -2.01. The minimum absolute atomic E-state index is 0.496. The summed E-state index contributed by atoms with van der Waals surface area (Å²) in [6, 6.07) is 5.07. The van der Waals surface area contributed by atoms with Crippen molar-refractivity contribution in [3.8, 4) is 5.69 Å². The number of aliphatic hydroxyl groups is 1. The Labute approximate surface area is 102 Å². The van der Waals surface area contributed by atoms with Crippen LogP contribution in [0.3, 0.4) is 0 Å². The average Bonchev–Trinajstić information content (AvgIpc) is 2.64. The van der Waals surface area contributed by atoms with Gasteiger partial charge in [0.1, 0.15) is 5.69 Å². The fraction of sp³-hybridized carbons (Fsp3) is 0.200. The first-order valence-electron chi connectivity index (χ1n) is 4.63. The number of rotatable bonds is 2. The maximum atomic E-state index is 9.33. The van der Waals surface area contributed by atoms with Crippen molar-refractivity contribution in [2.45, 2.75) is 13.0 Å². The second kappa shape index (κ2) is 4.41. The standard InChI is InChI=1S/C10H9Cl2N3O/c1-6(16)10-5-15(14-13-10)9-3-7(11)2-8(12)4-9/h2-6,16H,1H3. The molecule has 1 aromatic carbocycles. The first-order valence-corrected chi connectivity index (χ1v) is 5.38. The average molecular weight is 258 g/mol. The lowest BCUT2D eigenvalue weighted by atomic mass is 10.3. The molecular formula is C10H9Cl2N3O. The summed E-state index contributed by atoms with van der Waals surface area (Å²) in [6.07, 6.45) is 0.982. The van der Waals surface area contributed by atoms with Gasteiger partial charge in [-0.3, -0.25) is 0 Å². The Morgan fingerprint density at radius 1 is 1.25 bits per heavy atom. The summed E-state index contributed by atoms with van der Waals surface area (Å²) >= 11 is 11.7. The monoisotopic (exact) mass is 257 g/mol. The highest BCUT2D eigenvalue weighted by Gasteiger charge is 2.08. The van der Waals surface area contributed by atoms with Crippen LogP contribution < -0.4 is 0 Å². The van der Waals surface area contributed by atoms with Crippen molar-refractivity contribution in [3.63, 3.8) is 0 Å². The van der Waals surface area contributed by atoms with E-state index in [4.69, 9.17) is 23.2 Å². The molecule has 1 aromatic heterocycles. The Hall–Kier alpha value is -1.10. The van der Waals surface area contributed by atoms with Crippen molar-refractivity contribution in [2.24, 2.45) is 0 Å². The van der Waals surface area contributed by atoms with Crippen molar-refractivity contribution in [1.29, 1.82) is 0 Å². The van der Waals surface area contributed by atoms with Crippen LogP contribution in [0.4, 0.5) is 0 Å². The summed E-state index contributed by atoms with van der Waals surface area (Å²) in [4.78, 5) is 0. The molecule has 0 saturated heterocycles. The van der Waals surface area contributed by atoms with E-state index in [2.05, 4.69) is 10.3 Å². The number of aliphatic hydroxyl groups excluding tert-OH is 1. The zero-order chi connectivity index (χ0) is 11.7. The third kappa shape index (κ3) is 2.35. The lowest BCUT2D eigenvalue weighted by molar-refractivity contribution is 0.194. The van der Waals surface area contributed by atoms with E-state index in [1.807, 2.05) is 0 Å². The van der Waals surface area contributed by atoms with Crippen LogP contribution in [0.25, 0.3) is 5.69 Å². The summed E-state index contributed by atoms with van der Waals surface area (Å²) in [7, 11) is 0. The van der Waals surface area contributed by atoms with Gasteiger partial charge in [0.2, 0.25) is 0 Å². The fourth-order valence-corrected chi connectivity index (χ4v) is 1.78. The molecule has 0 fully saturated rings. The molecule has 16 heavy (non-hydrogen) atoms. The molecule has 0 radical (unpaired) electrons. The SMILES string of the molecule is CC(O)c1cn(-c2cc(Cl)cc(Cl)c2)nn1. The van der Waals surface area contributed by atoms with Gasteiger partial charge in [-0.25, -0.2) is 4.68 Å². The van der Waals surface area contributed by atoms with Gasteiger partial charge in [-0.15, -0.1) is 5.10 Å². The predicted octanol–water partition coefficient (Wildman–Crippen LogP) is 2.63. The number of benzene rings is 1. The minimum Gasteiger partial charge on any atom is -0.387 e. The van der Waals surface area contributed by atoms with Gasteiger partial charge < -0.3 is 5.11 Å². The van der Waals surface area contributed by atoms with Crippen LogP contribution in [0.2, 0.25) is 10.0 Å². The summed E-state index contributed by atoms with van der Waals surface area (Å²) in [6.45, 7) is 1.62. The highest BCUT2D eigenvalue weighted by molar-refractivity contribution is 6.34. The normalized spacial score (nSPS) is 12.8. The number of hydrogen-bond donors (Lipinski definition) is 1. The molecule has 1 heterocycles. The molecule has 2 rings (SSSR count). The van der Waals surface area contributed by atoms with Crippen LogP contribution >= 0.6 is 23.2 Å². The van der Waals surface area contributed by atoms with Gasteiger partial charge >= 0.3 is 0 Å². The summed E-state index contributed by atoms with van der Waals surface area (Å²) in [5, 5.41) is 18.1. The highest BCUT2D eigenvalue weighted by atomic mass is 35.5. The van der Waals surface area contributed by atoms with Gasteiger partial charge in [-0.1, -0.05) is 28.4 Å². The zero-order valence-corrected chi connectivity index (χ0v) is 9.94. The molecule has 0 spiro atoms. The van der Waals surface area contributed by atoms with Crippen LogP contribution in [0, 0.1) is 0 Å². The molecule has 0 amide bonds. The molecule has 0 bridgehead atoms. The first-order chi connectivity index (χ1) is 7.56. The second-order valence-electron chi connectivity index (χ2n) is 3.39. The molecule has 0 aliphatic rings. The largest absolute Gasteiger partial charge is 0.387 e. The van der Waals surface area contributed by atoms with Gasteiger partial charge in [0.05, 0.1) is 18.0 Å². The summed E-state index contributed by atoms with van der Waals surface area (Å²) in [5.74, 6) is 0. The Kier molecular flexibility index (Phi) is 3.14. The quantitative estimate of drug-likeness (QED) is 0.900. The van der Waals surface area contributed by atoms with E-state index in [0.29, 0.717) is 21.4 Å². The third-order valence-corrected chi connectivity index (χ3v) is 2.49. The second-order valence-corrected chi connectivity index (χ2v) is 4.26. The molecule has 0 aliphatic carbocycles. The van der Waals surface area contributed by atoms with Crippen LogP contribution in [0.15, 0.2) is 24.4 Å². The Balaban J connectivity index is 2.42. The molecule has 1 unspecified atom stereocenters. The minimum atomic E-state index is -0.650. The van der Waals surface area contributed by atoms with E-state index in [-0.39, 0.29) is 0 Å². The van der Waals surface area contributed by atoms with Crippen molar-refractivity contribution in [2.75, 3.05) is 0 Å². The number of halogens is 2. The Morgan fingerprint density at radius 3 is 2.38 bits per heavy atom. The van der Waals surface area contributed by atoms with E-state index in [1.165, 1.54) is 4.68 Å². The summed E-state index contributed by atoms with van der Waals surface area (Å²) in [5.41, 5.74) is 1.20. The van der Waals surface area contributed by atoms with E-state index in [0.717, 1.165) is 0 Å². The summed E-state index contributed by atoms with van der Waals surface area (Å²) < 4.78 is 1.51. The highest BCUT2D eigenvalue weighted by Crippen LogP contribution is 2.21. The molecule has 84 valence electrons. The molecule has 2 aromatic rings. The number of aromatic nitrogens is 3. The molecule has 0 aliphatic heterocycles. The van der Waals surface area contributed by atoms with Gasteiger partial charge in [-0.2, -0.15) is 0 Å². The smallest absolute Gasteiger partial charge is 0.111 e. The molecule has 1 atom stereocenters. The topological polar surface area (TPSA) is 50.9 Å². The van der Waals surface area contributed by atoms with Gasteiger partial charge in [0, 0.05) is 10.0 Å². The van der Waals surface area contributed by atoms with Gasteiger partial charge in [-0.05, 0) is 25.1 Å². The molecule has 6 heteroatoms. The van der Waals surface area contributed by atoms with Crippen molar-refractivity contribution >= 4 is 23.2 Å². The Morgan fingerprint density at radius 2 is 1.88 bits per heavy atom. The van der Waals surface area contributed by atoms with Crippen LogP contribution in [-0.2, 0) is 0 Å². The van der Waals surface area contributed by atoms with E-state index in [1.54, 1.807) is 31.3 Å². The van der Waals surface area contributed by atoms with Gasteiger partial charge in [0.25, 0.3) is 0 Å². The van der Waals surface area contributed by atoms with Crippen LogP contribution in [-0.4, -0.2) is 20.1 Å². The number of hydrogen-bond acceptors (Lipinski definition) is 3. The van der Waals surface area contributed by atoms with Crippen molar-refractivity contribution < 1.29 is 5.11 Å². The maximum Gasteiger partial charge on any atom is 0.111 e. The predicted molar refractivity (Wildman–Crippen MR) is 62.0 cm³/mol.